The van der Waals surface area contributed by atoms with Gasteiger partial charge in [-0.1, -0.05) is 0 Å². The maximum Gasteiger partial charge on any atom is 0.205 e. The van der Waals surface area contributed by atoms with Gasteiger partial charge in [0.1, 0.15) is 0 Å². The van der Waals surface area contributed by atoms with Crippen LogP contribution in [0.4, 0.5) is 8.78 Å². The third kappa shape index (κ3) is 4.08. The molecule has 0 bridgehead atoms. The van der Waals surface area contributed by atoms with Crippen LogP contribution in [0.15, 0.2) is 4.74 Å². The van der Waals surface area contributed by atoms with Gasteiger partial charge in [0, 0.05) is 0 Å². The van der Waals surface area contributed by atoms with Crippen LogP contribution in [0.3, 0.4) is 0 Å². The molecule has 0 aromatic rings. The predicted octanol–water partition coefficient (Wildman–Crippen LogP) is 1.92. The maximum absolute atomic E-state index is 10.8. The van der Waals surface area contributed by atoms with Crippen molar-refractivity contribution in [2.75, 3.05) is 0 Å². The molecule has 0 N–H and O–H groups in total. The lowest BCUT2D eigenvalue weighted by atomic mass is 11.2. The minimum Gasteiger partial charge on any atom is -0.200 e. The summed E-state index contributed by atoms with van der Waals surface area (Å²) in [6.45, 7) is 0. The van der Waals surface area contributed by atoms with Crippen LogP contribution in [-0.4, -0.2) is 0 Å². The first-order valence-electron chi connectivity index (χ1n) is 0.817. The van der Waals surface area contributed by atoms with Crippen LogP contribution in [0.25, 0.3) is 0 Å². The van der Waals surface area contributed by atoms with E-state index in [0.717, 1.165) is 0 Å². The lowest BCUT2D eigenvalue weighted by molar-refractivity contribution is 0.608. The Morgan fingerprint density at radius 2 is 2.00 bits per heavy atom. The normalized spacial score (nSPS) is 12.2. The Morgan fingerprint density at radius 1 is 1.80 bits per heavy atom. The van der Waals surface area contributed by atoms with Crippen LogP contribution in [0.1, 0.15) is 0 Å². The highest BCUT2D eigenvalue weighted by atomic mass is 79.9. The van der Waals surface area contributed by atoms with Gasteiger partial charge >= 0.3 is 0 Å². The molecule has 0 aliphatic heterocycles. The van der Waals surface area contributed by atoms with E-state index in [1.54, 1.807) is 0 Å². The van der Waals surface area contributed by atoms with E-state index in [0.29, 0.717) is 6.33 Å². The fourth-order valence-electron chi connectivity index (χ4n) is 0. The molecule has 0 amide bonds. The summed E-state index contributed by atoms with van der Waals surface area (Å²) in [5, 5.41) is 0. The molecule has 0 atom stereocenters. The number of halogens is 3. The third-order valence-corrected chi connectivity index (χ3v) is 0.221. The Balaban J connectivity index is 3.14. The van der Waals surface area contributed by atoms with Crippen LogP contribution in [-0.2, 0) is 0 Å². The first-order valence-corrected chi connectivity index (χ1v) is 1.61. The quantitative estimate of drug-likeness (QED) is 0.484. The minimum atomic E-state index is -1.10. The largest absolute Gasteiger partial charge is 0.205 e. The lowest BCUT2D eigenvalue weighted by Crippen LogP contribution is -1.39. The van der Waals surface area contributed by atoms with Crippen molar-refractivity contribution in [2.24, 2.45) is 0 Å². The molecule has 0 aromatic carbocycles. The zero-order chi connectivity index (χ0) is 4.28. The summed E-state index contributed by atoms with van der Waals surface area (Å²) in [7, 11) is 0. The van der Waals surface area contributed by atoms with Crippen molar-refractivity contribution in [1.82, 2.24) is 0 Å². The molecular weight excluding hydrogens is 142 g/mol. The highest BCUT2D eigenvalue weighted by Gasteiger charge is 1.76. The summed E-state index contributed by atoms with van der Waals surface area (Å²) in [5.41, 5.74) is 0. The molecule has 0 saturated heterocycles. The molecule has 0 unspecified atom stereocenters. The molecular formula is C2BrF2. The summed E-state index contributed by atoms with van der Waals surface area (Å²) in [4.78, 5) is 0. The second-order valence-electron chi connectivity index (χ2n) is 0.355. The van der Waals surface area contributed by atoms with Crippen molar-refractivity contribution < 1.29 is 8.78 Å². The zero-order valence-electron chi connectivity index (χ0n) is 2.13. The Morgan fingerprint density at radius 3 is 2.00 bits per heavy atom. The summed E-state index contributed by atoms with van der Waals surface area (Å²) in [6, 6.07) is 0. The molecule has 0 aromatic heterocycles. The van der Waals surface area contributed by atoms with Crippen LogP contribution in [0.2, 0.25) is 0 Å². The van der Waals surface area contributed by atoms with Gasteiger partial charge in [0.25, 0.3) is 0 Å². The van der Waals surface area contributed by atoms with Gasteiger partial charge in [-0.25, -0.2) is 0 Å². The summed E-state index contributed by atoms with van der Waals surface area (Å²) in [5.74, 6) is 0. The number of hydrogen-bond donors (Lipinski definition) is 0. The summed E-state index contributed by atoms with van der Waals surface area (Å²) >= 11 is 2.14. The molecule has 0 spiro atoms. The van der Waals surface area contributed by atoms with Crippen LogP contribution >= 0.6 is 15.9 Å². The maximum atomic E-state index is 10.8. The standard InChI is InChI=1S/C2BrF2/c3-2(5)1-4. The summed E-state index contributed by atoms with van der Waals surface area (Å²) in [6.07, 6.45) is 0.694. The van der Waals surface area contributed by atoms with Gasteiger partial charge in [-0.05, 0) is 15.9 Å². The molecule has 29 valence electrons. The molecule has 0 heterocycles. The minimum absolute atomic E-state index is 0.694. The molecule has 0 fully saturated rings. The average molecular weight is 142 g/mol. The average Bonchev–Trinajstić information content (AvgIpc) is 1.38. The lowest BCUT2D eigenvalue weighted by Gasteiger charge is -1.60. The first kappa shape index (κ1) is 5.08. The van der Waals surface area contributed by atoms with Gasteiger partial charge in [-0.3, -0.25) is 0 Å². The van der Waals surface area contributed by atoms with E-state index in [2.05, 4.69) is 15.9 Å². The Hall–Kier alpha value is 0.0800. The molecule has 5 heavy (non-hydrogen) atoms. The molecule has 0 aliphatic rings. The van der Waals surface area contributed by atoms with E-state index < -0.39 is 4.74 Å². The van der Waals surface area contributed by atoms with Crippen molar-refractivity contribution in [3.8, 4) is 0 Å². The number of rotatable bonds is 0. The molecule has 3 heteroatoms. The third-order valence-electron chi connectivity index (χ3n) is 0.0714. The van der Waals surface area contributed by atoms with Gasteiger partial charge in [0.05, 0.1) is 0 Å². The van der Waals surface area contributed by atoms with Crippen LogP contribution in [0, 0.1) is 6.33 Å². The molecule has 0 saturated carbocycles. The van der Waals surface area contributed by atoms with Crippen LogP contribution in [0.5, 0.6) is 0 Å². The van der Waals surface area contributed by atoms with Crippen molar-refractivity contribution >= 4 is 15.9 Å². The molecule has 0 rings (SSSR count). The van der Waals surface area contributed by atoms with Gasteiger partial charge in [-0.15, -0.1) is 0 Å². The van der Waals surface area contributed by atoms with Gasteiger partial charge in [-0.2, -0.15) is 8.78 Å². The van der Waals surface area contributed by atoms with Gasteiger partial charge in [0.2, 0.25) is 11.1 Å². The van der Waals surface area contributed by atoms with E-state index in [9.17, 15) is 8.78 Å². The zero-order valence-corrected chi connectivity index (χ0v) is 3.72. The highest BCUT2D eigenvalue weighted by molar-refractivity contribution is 9.11. The fraction of sp³-hybridized carbons (Fsp3) is 0. The van der Waals surface area contributed by atoms with Crippen molar-refractivity contribution in [2.45, 2.75) is 0 Å². The molecule has 0 nitrogen and oxygen atoms in total. The highest BCUT2D eigenvalue weighted by Crippen LogP contribution is 2.02. The fourth-order valence-corrected chi connectivity index (χ4v) is 0. The Kier molecular flexibility index (Phi) is 2.36. The summed E-state index contributed by atoms with van der Waals surface area (Å²) < 4.78 is 20.1. The van der Waals surface area contributed by atoms with E-state index in [4.69, 9.17) is 0 Å². The molecule has 1 radical (unpaired) electrons. The van der Waals surface area contributed by atoms with E-state index in [1.807, 2.05) is 0 Å². The van der Waals surface area contributed by atoms with Gasteiger partial charge < -0.3 is 0 Å². The smallest absolute Gasteiger partial charge is 0.200 e. The second kappa shape index (κ2) is 2.33. The van der Waals surface area contributed by atoms with Crippen LogP contribution < -0.4 is 0 Å². The van der Waals surface area contributed by atoms with E-state index in [1.165, 1.54) is 0 Å². The Bertz CT molecular complexity index is 45.6. The van der Waals surface area contributed by atoms with E-state index in [-0.39, 0.29) is 0 Å². The first-order chi connectivity index (χ1) is 2.27. The number of hydrogen-bond acceptors (Lipinski definition) is 0. The SMILES string of the molecule is F/[C]=C(/F)Br. The topological polar surface area (TPSA) is 0 Å². The van der Waals surface area contributed by atoms with Crippen molar-refractivity contribution in [1.29, 1.82) is 0 Å². The van der Waals surface area contributed by atoms with Crippen molar-refractivity contribution in [3.05, 3.63) is 11.1 Å². The predicted molar refractivity (Wildman–Crippen MR) is 17.9 cm³/mol. The second-order valence-corrected chi connectivity index (χ2v) is 1.05. The van der Waals surface area contributed by atoms with Gasteiger partial charge in [0.15, 0.2) is 0 Å². The van der Waals surface area contributed by atoms with Crippen molar-refractivity contribution in [3.63, 3.8) is 0 Å². The molecule has 0 aliphatic carbocycles. The Labute approximate surface area is 36.6 Å². The monoisotopic (exact) mass is 141 g/mol. The van der Waals surface area contributed by atoms with E-state index >= 15 is 0 Å².